The molecule has 0 aromatic rings. The van der Waals surface area contributed by atoms with Crippen LogP contribution in [0.2, 0.25) is 0 Å². The maximum Gasteiger partial charge on any atom is 0.200 e. The van der Waals surface area contributed by atoms with Gasteiger partial charge in [0.25, 0.3) is 0 Å². The van der Waals surface area contributed by atoms with Gasteiger partial charge < -0.3 is 9.47 Å². The highest BCUT2D eigenvalue weighted by atomic mass is 16.7. The van der Waals surface area contributed by atoms with Gasteiger partial charge in [-0.25, -0.2) is 0 Å². The quantitative estimate of drug-likeness (QED) is 0.646. The number of allylic oxidation sites excluding steroid dienone is 5. The highest BCUT2D eigenvalue weighted by Crippen LogP contribution is 2.32. The van der Waals surface area contributed by atoms with Gasteiger partial charge in [-0.15, -0.1) is 0 Å². The van der Waals surface area contributed by atoms with Crippen molar-refractivity contribution in [3.63, 3.8) is 0 Å². The van der Waals surface area contributed by atoms with Crippen LogP contribution in [-0.4, -0.2) is 12.9 Å². The first-order chi connectivity index (χ1) is 6.40. The Balaban J connectivity index is 2.06. The Hall–Kier alpha value is -1.02. The molecule has 2 rings (SSSR count). The molecule has 1 saturated heterocycles. The van der Waals surface area contributed by atoms with Crippen LogP contribution >= 0.6 is 0 Å². The predicted molar refractivity (Wildman–Crippen MR) is 51.0 cm³/mol. The second-order valence-electron chi connectivity index (χ2n) is 3.18. The van der Waals surface area contributed by atoms with Gasteiger partial charge in [-0.05, 0) is 13.0 Å². The van der Waals surface area contributed by atoms with Gasteiger partial charge in [-0.3, -0.25) is 0 Å². The van der Waals surface area contributed by atoms with Crippen LogP contribution in [0, 0.1) is 5.92 Å². The maximum absolute atomic E-state index is 5.62. The fraction of sp³-hybridized carbons (Fsp3) is 0.455. The molecule has 0 aromatic heterocycles. The van der Waals surface area contributed by atoms with Crippen LogP contribution in [0.1, 0.15) is 13.3 Å². The molecular weight excluding hydrogens is 164 g/mol. The van der Waals surface area contributed by atoms with Crippen molar-refractivity contribution in [1.29, 1.82) is 0 Å². The van der Waals surface area contributed by atoms with E-state index in [0.29, 0.717) is 12.5 Å². The van der Waals surface area contributed by atoms with E-state index in [1.54, 1.807) is 0 Å². The van der Waals surface area contributed by atoms with Crippen LogP contribution in [0.4, 0.5) is 0 Å². The molecule has 0 unspecified atom stereocenters. The van der Waals surface area contributed by atoms with Crippen LogP contribution in [0.3, 0.4) is 0 Å². The standard InChI is InChI=1S/C11H14O2/c1-2-12-11-8-9-6-4-3-5-7-10(9)13-11/h3-7,9,11H,2,8H2,1H3/t9-,11-/m1/s1. The molecule has 13 heavy (non-hydrogen) atoms. The zero-order chi connectivity index (χ0) is 9.10. The van der Waals surface area contributed by atoms with Gasteiger partial charge in [0.2, 0.25) is 0 Å². The number of hydrogen-bond acceptors (Lipinski definition) is 2. The van der Waals surface area contributed by atoms with Gasteiger partial charge in [0.1, 0.15) is 5.76 Å². The molecule has 70 valence electrons. The minimum atomic E-state index is -0.0441. The summed E-state index contributed by atoms with van der Waals surface area (Å²) in [4.78, 5) is 0. The van der Waals surface area contributed by atoms with E-state index in [4.69, 9.17) is 9.47 Å². The molecule has 1 fully saturated rings. The minimum Gasteiger partial charge on any atom is -0.469 e. The van der Waals surface area contributed by atoms with E-state index in [-0.39, 0.29) is 6.29 Å². The first-order valence-electron chi connectivity index (χ1n) is 4.73. The number of rotatable bonds is 2. The highest BCUT2D eigenvalue weighted by molar-refractivity contribution is 5.25. The van der Waals surface area contributed by atoms with Crippen molar-refractivity contribution in [2.75, 3.05) is 6.61 Å². The summed E-state index contributed by atoms with van der Waals surface area (Å²) in [5, 5.41) is 0. The number of fused-ring (bicyclic) bond motifs is 1. The van der Waals surface area contributed by atoms with Crippen molar-refractivity contribution in [3.8, 4) is 0 Å². The summed E-state index contributed by atoms with van der Waals surface area (Å²) in [5.74, 6) is 1.44. The van der Waals surface area contributed by atoms with Crippen molar-refractivity contribution in [1.82, 2.24) is 0 Å². The first-order valence-corrected chi connectivity index (χ1v) is 4.73. The van der Waals surface area contributed by atoms with E-state index in [9.17, 15) is 0 Å². The number of hydrogen-bond donors (Lipinski definition) is 0. The fourth-order valence-electron chi connectivity index (χ4n) is 1.65. The molecule has 1 heterocycles. The van der Waals surface area contributed by atoms with Gasteiger partial charge in [0.05, 0.1) is 0 Å². The lowest BCUT2D eigenvalue weighted by atomic mass is 10.1. The second kappa shape index (κ2) is 3.79. The molecule has 1 aliphatic carbocycles. The summed E-state index contributed by atoms with van der Waals surface area (Å²) in [6, 6.07) is 0. The van der Waals surface area contributed by atoms with E-state index in [0.717, 1.165) is 12.2 Å². The van der Waals surface area contributed by atoms with Crippen molar-refractivity contribution >= 4 is 0 Å². The SMILES string of the molecule is CCO[C@H]1C[C@H]2C=CC=CC=C2O1. The lowest BCUT2D eigenvalue weighted by Crippen LogP contribution is -2.09. The number of ether oxygens (including phenoxy) is 2. The Kier molecular flexibility index (Phi) is 2.50. The first kappa shape index (κ1) is 8.57. The maximum atomic E-state index is 5.62. The van der Waals surface area contributed by atoms with Gasteiger partial charge in [0, 0.05) is 18.9 Å². The molecule has 2 heteroatoms. The van der Waals surface area contributed by atoms with E-state index in [1.807, 2.05) is 25.2 Å². The third-order valence-electron chi connectivity index (χ3n) is 2.26. The third kappa shape index (κ3) is 1.83. The smallest absolute Gasteiger partial charge is 0.200 e. The second-order valence-corrected chi connectivity index (χ2v) is 3.18. The summed E-state index contributed by atoms with van der Waals surface area (Å²) in [5.41, 5.74) is 0. The molecule has 0 saturated carbocycles. The third-order valence-corrected chi connectivity index (χ3v) is 2.26. The highest BCUT2D eigenvalue weighted by Gasteiger charge is 2.29. The van der Waals surface area contributed by atoms with Gasteiger partial charge in [-0.2, -0.15) is 0 Å². The molecular formula is C11H14O2. The summed E-state index contributed by atoms with van der Waals surface area (Å²) >= 11 is 0. The Bertz CT molecular complexity index is 263. The van der Waals surface area contributed by atoms with Crippen molar-refractivity contribution < 1.29 is 9.47 Å². The summed E-state index contributed by atoms with van der Waals surface area (Å²) in [7, 11) is 0. The monoisotopic (exact) mass is 178 g/mol. The Morgan fingerprint density at radius 3 is 3.23 bits per heavy atom. The Labute approximate surface area is 78.5 Å². The molecule has 2 atom stereocenters. The normalized spacial score (nSPS) is 30.7. The molecule has 0 N–H and O–H groups in total. The van der Waals surface area contributed by atoms with Crippen LogP contribution in [0.15, 0.2) is 36.1 Å². The molecule has 0 bridgehead atoms. The Morgan fingerprint density at radius 2 is 2.38 bits per heavy atom. The van der Waals surface area contributed by atoms with Crippen LogP contribution in [-0.2, 0) is 9.47 Å². The summed E-state index contributed by atoms with van der Waals surface area (Å²) < 4.78 is 11.0. The van der Waals surface area contributed by atoms with Crippen LogP contribution in [0.25, 0.3) is 0 Å². The zero-order valence-corrected chi connectivity index (χ0v) is 7.77. The van der Waals surface area contributed by atoms with Crippen molar-refractivity contribution in [3.05, 3.63) is 36.1 Å². The average molecular weight is 178 g/mol. The molecule has 0 spiro atoms. The summed E-state index contributed by atoms with van der Waals surface area (Å²) in [6.45, 7) is 2.70. The molecule has 0 amide bonds. The molecule has 0 aromatic carbocycles. The topological polar surface area (TPSA) is 18.5 Å². The average Bonchev–Trinajstić information content (AvgIpc) is 2.37. The minimum absolute atomic E-state index is 0.0441. The molecule has 1 aliphatic heterocycles. The van der Waals surface area contributed by atoms with Gasteiger partial charge in [0.15, 0.2) is 6.29 Å². The molecule has 2 nitrogen and oxygen atoms in total. The van der Waals surface area contributed by atoms with Gasteiger partial charge in [-0.1, -0.05) is 24.3 Å². The largest absolute Gasteiger partial charge is 0.469 e. The zero-order valence-electron chi connectivity index (χ0n) is 7.77. The van der Waals surface area contributed by atoms with Crippen molar-refractivity contribution in [2.24, 2.45) is 5.92 Å². The molecule has 0 radical (unpaired) electrons. The summed E-state index contributed by atoms with van der Waals surface area (Å²) in [6.07, 6.45) is 11.2. The fourth-order valence-corrected chi connectivity index (χ4v) is 1.65. The van der Waals surface area contributed by atoms with Gasteiger partial charge >= 0.3 is 0 Å². The van der Waals surface area contributed by atoms with E-state index >= 15 is 0 Å². The van der Waals surface area contributed by atoms with Crippen molar-refractivity contribution in [2.45, 2.75) is 19.6 Å². The van der Waals surface area contributed by atoms with Crippen LogP contribution in [0.5, 0.6) is 0 Å². The lowest BCUT2D eigenvalue weighted by Gasteiger charge is -2.08. The van der Waals surface area contributed by atoms with Crippen LogP contribution < -0.4 is 0 Å². The van der Waals surface area contributed by atoms with E-state index in [1.165, 1.54) is 0 Å². The van der Waals surface area contributed by atoms with E-state index < -0.39 is 0 Å². The van der Waals surface area contributed by atoms with E-state index in [2.05, 4.69) is 12.2 Å². The predicted octanol–water partition coefficient (Wildman–Crippen LogP) is 2.40. The lowest BCUT2D eigenvalue weighted by molar-refractivity contribution is -0.0886. The molecule has 2 aliphatic rings. The Morgan fingerprint density at radius 1 is 1.46 bits per heavy atom.